The molecule has 0 atom stereocenters. The molecule has 1 heterocycles. The fraction of sp³-hybridized carbons (Fsp3) is 0.111. The molecule has 0 unspecified atom stereocenters. The summed E-state index contributed by atoms with van der Waals surface area (Å²) in [7, 11) is 1.43. The topological polar surface area (TPSA) is 48.2 Å². The van der Waals surface area contributed by atoms with E-state index >= 15 is 0 Å². The third kappa shape index (κ3) is 1.78. The maximum absolute atomic E-state index is 13.5. The van der Waals surface area contributed by atoms with Crippen LogP contribution in [0.25, 0.3) is 11.5 Å². The molecule has 0 saturated heterocycles. The van der Waals surface area contributed by atoms with E-state index in [1.807, 2.05) is 0 Å². The molecular weight excluding hydrogens is 223 g/mol. The van der Waals surface area contributed by atoms with Crippen LogP contribution in [0.15, 0.2) is 22.6 Å². The predicted molar refractivity (Wildman–Crippen MR) is 51.3 cm³/mol. The number of nitrogens with zero attached hydrogens (tertiary/aromatic N) is 2. The van der Waals surface area contributed by atoms with Gasteiger partial charge < -0.3 is 9.15 Å². The van der Waals surface area contributed by atoms with E-state index in [4.69, 9.17) is 20.8 Å². The number of methoxy groups -OCH3 is 1. The Labute approximate surface area is 89.6 Å². The van der Waals surface area contributed by atoms with Crippen molar-refractivity contribution in [1.29, 1.82) is 0 Å². The van der Waals surface area contributed by atoms with Crippen molar-refractivity contribution in [2.45, 2.75) is 0 Å². The van der Waals surface area contributed by atoms with Crippen molar-refractivity contribution in [3.8, 4) is 17.2 Å². The van der Waals surface area contributed by atoms with Gasteiger partial charge in [-0.1, -0.05) is 11.2 Å². The Kier molecular flexibility index (Phi) is 2.55. The highest BCUT2D eigenvalue weighted by atomic mass is 35.5. The molecular formula is C9H6ClFN2O2. The van der Waals surface area contributed by atoms with Crippen LogP contribution in [-0.2, 0) is 0 Å². The van der Waals surface area contributed by atoms with Gasteiger partial charge in [0.15, 0.2) is 0 Å². The molecule has 2 aromatic rings. The van der Waals surface area contributed by atoms with Gasteiger partial charge in [0, 0.05) is 0 Å². The second-order valence-electron chi connectivity index (χ2n) is 2.68. The SMILES string of the molecule is COc1cccc(F)c1-c1nnc(Cl)o1. The van der Waals surface area contributed by atoms with Gasteiger partial charge in [-0.2, -0.15) is 0 Å². The third-order valence-electron chi connectivity index (χ3n) is 1.81. The molecule has 6 heteroatoms. The van der Waals surface area contributed by atoms with Crippen LogP contribution in [0.4, 0.5) is 4.39 Å². The van der Waals surface area contributed by atoms with Gasteiger partial charge in [-0.25, -0.2) is 4.39 Å². The molecule has 0 N–H and O–H groups in total. The van der Waals surface area contributed by atoms with Crippen molar-refractivity contribution >= 4 is 11.6 Å². The summed E-state index contributed by atoms with van der Waals surface area (Å²) in [5.41, 5.74) is 0.111. The summed E-state index contributed by atoms with van der Waals surface area (Å²) < 4.78 is 23.4. The van der Waals surface area contributed by atoms with Gasteiger partial charge in [-0.15, -0.1) is 5.10 Å². The minimum atomic E-state index is -0.505. The quantitative estimate of drug-likeness (QED) is 0.793. The summed E-state index contributed by atoms with van der Waals surface area (Å²) in [6.45, 7) is 0. The van der Waals surface area contributed by atoms with Crippen LogP contribution >= 0.6 is 11.6 Å². The van der Waals surface area contributed by atoms with Gasteiger partial charge in [0.1, 0.15) is 17.1 Å². The molecule has 0 bridgehead atoms. The number of ether oxygens (including phenoxy) is 1. The monoisotopic (exact) mass is 228 g/mol. The molecule has 1 aromatic carbocycles. The number of halogens is 2. The fourth-order valence-corrected chi connectivity index (χ4v) is 1.30. The van der Waals surface area contributed by atoms with Crippen molar-refractivity contribution in [2.75, 3.05) is 7.11 Å². The van der Waals surface area contributed by atoms with Crippen LogP contribution in [0.3, 0.4) is 0 Å². The van der Waals surface area contributed by atoms with Crippen LogP contribution in [0, 0.1) is 5.82 Å². The summed E-state index contributed by atoms with van der Waals surface area (Å²) in [4.78, 5) is 0. The molecule has 0 aliphatic rings. The lowest BCUT2D eigenvalue weighted by Gasteiger charge is -2.04. The first-order valence-electron chi connectivity index (χ1n) is 4.04. The molecule has 15 heavy (non-hydrogen) atoms. The summed E-state index contributed by atoms with van der Waals surface area (Å²) >= 11 is 5.45. The smallest absolute Gasteiger partial charge is 0.313 e. The van der Waals surface area contributed by atoms with Gasteiger partial charge >= 0.3 is 5.35 Å². The van der Waals surface area contributed by atoms with E-state index in [9.17, 15) is 4.39 Å². The van der Waals surface area contributed by atoms with E-state index in [0.717, 1.165) is 0 Å². The first-order valence-corrected chi connectivity index (χ1v) is 4.42. The van der Waals surface area contributed by atoms with Crippen LogP contribution < -0.4 is 4.74 Å². The molecule has 0 spiro atoms. The molecule has 4 nitrogen and oxygen atoms in total. The lowest BCUT2D eigenvalue weighted by Crippen LogP contribution is -1.91. The molecule has 0 amide bonds. The molecule has 0 aliphatic heterocycles. The maximum Gasteiger partial charge on any atom is 0.313 e. The highest BCUT2D eigenvalue weighted by molar-refractivity contribution is 6.27. The zero-order valence-electron chi connectivity index (χ0n) is 7.70. The first-order chi connectivity index (χ1) is 7.22. The number of hydrogen-bond acceptors (Lipinski definition) is 4. The Morgan fingerprint density at radius 3 is 2.80 bits per heavy atom. The van der Waals surface area contributed by atoms with Crippen molar-refractivity contribution < 1.29 is 13.5 Å². The van der Waals surface area contributed by atoms with Crippen LogP contribution in [0.5, 0.6) is 5.75 Å². The number of hydrogen-bond donors (Lipinski definition) is 0. The van der Waals surface area contributed by atoms with Gasteiger partial charge in [-0.05, 0) is 23.7 Å². The Hall–Kier alpha value is -1.62. The van der Waals surface area contributed by atoms with E-state index in [2.05, 4.69) is 10.2 Å². The average Bonchev–Trinajstić information content (AvgIpc) is 2.64. The number of aromatic nitrogens is 2. The van der Waals surface area contributed by atoms with Gasteiger partial charge in [0.25, 0.3) is 5.89 Å². The standard InChI is InChI=1S/C9H6ClFN2O2/c1-14-6-4-2-3-5(11)7(6)8-12-13-9(10)15-8/h2-4H,1H3. The van der Waals surface area contributed by atoms with Crippen LogP contribution in [-0.4, -0.2) is 17.3 Å². The van der Waals surface area contributed by atoms with Gasteiger partial charge in [0.2, 0.25) is 0 Å². The minimum absolute atomic E-state index is 0.00468. The number of benzene rings is 1. The van der Waals surface area contributed by atoms with E-state index in [1.165, 1.54) is 19.2 Å². The largest absolute Gasteiger partial charge is 0.496 e. The summed E-state index contributed by atoms with van der Waals surface area (Å²) in [6, 6.07) is 4.39. The zero-order valence-corrected chi connectivity index (χ0v) is 8.45. The summed E-state index contributed by atoms with van der Waals surface area (Å²) in [5.74, 6) is -0.195. The molecule has 2 rings (SSSR count). The van der Waals surface area contributed by atoms with Crippen molar-refractivity contribution in [1.82, 2.24) is 10.2 Å². The first kappa shape index (κ1) is 9.92. The summed E-state index contributed by atoms with van der Waals surface area (Å²) in [6.07, 6.45) is 0. The lowest BCUT2D eigenvalue weighted by atomic mass is 10.2. The molecule has 78 valence electrons. The second kappa shape index (κ2) is 3.86. The van der Waals surface area contributed by atoms with Crippen molar-refractivity contribution in [3.05, 3.63) is 29.4 Å². The molecule has 0 radical (unpaired) electrons. The third-order valence-corrected chi connectivity index (χ3v) is 1.96. The van der Waals surface area contributed by atoms with Gasteiger partial charge in [-0.3, -0.25) is 0 Å². The van der Waals surface area contributed by atoms with E-state index < -0.39 is 5.82 Å². The van der Waals surface area contributed by atoms with Crippen LogP contribution in [0.2, 0.25) is 5.35 Å². The highest BCUT2D eigenvalue weighted by Gasteiger charge is 2.17. The Bertz CT molecular complexity index is 487. The second-order valence-corrected chi connectivity index (χ2v) is 3.00. The maximum atomic E-state index is 13.5. The molecule has 0 aliphatic carbocycles. The number of rotatable bonds is 2. The normalized spacial score (nSPS) is 10.3. The minimum Gasteiger partial charge on any atom is -0.496 e. The van der Waals surface area contributed by atoms with Crippen molar-refractivity contribution in [3.63, 3.8) is 0 Å². The molecule has 0 saturated carbocycles. The Morgan fingerprint density at radius 2 is 2.20 bits per heavy atom. The van der Waals surface area contributed by atoms with E-state index in [0.29, 0.717) is 5.75 Å². The highest BCUT2D eigenvalue weighted by Crippen LogP contribution is 2.31. The Balaban J connectivity index is 2.60. The Morgan fingerprint density at radius 1 is 1.40 bits per heavy atom. The van der Waals surface area contributed by atoms with Crippen LogP contribution in [0.1, 0.15) is 0 Å². The van der Waals surface area contributed by atoms with E-state index in [1.54, 1.807) is 6.07 Å². The van der Waals surface area contributed by atoms with Crippen molar-refractivity contribution in [2.24, 2.45) is 0 Å². The predicted octanol–water partition coefficient (Wildman–Crippen LogP) is 2.54. The fourth-order valence-electron chi connectivity index (χ4n) is 1.19. The van der Waals surface area contributed by atoms with Gasteiger partial charge in [0.05, 0.1) is 7.11 Å². The van der Waals surface area contributed by atoms with E-state index in [-0.39, 0.29) is 16.8 Å². The zero-order chi connectivity index (χ0) is 10.8. The molecule has 1 aromatic heterocycles. The molecule has 0 fully saturated rings. The average molecular weight is 229 g/mol. The lowest BCUT2D eigenvalue weighted by molar-refractivity contribution is 0.410. The summed E-state index contributed by atoms with van der Waals surface area (Å²) in [5, 5.41) is 6.88.